The molecule has 0 aliphatic carbocycles. The lowest BCUT2D eigenvalue weighted by molar-refractivity contribution is -0.939. The Hall–Kier alpha value is -0.650. The van der Waals surface area contributed by atoms with E-state index in [4.69, 9.17) is 10.5 Å². The smallest absolute Gasteiger partial charge is 0.326 e. The summed E-state index contributed by atoms with van der Waals surface area (Å²) in [5.74, 6) is -0.251. The molecular formula is C13H26N3O2+. The van der Waals surface area contributed by atoms with Gasteiger partial charge >= 0.3 is 5.97 Å². The molecule has 2 aliphatic heterocycles. The number of nitrogens with one attached hydrogen (secondary N) is 1. The monoisotopic (exact) mass is 256 g/mol. The highest BCUT2D eigenvalue weighted by molar-refractivity contribution is 5.80. The van der Waals surface area contributed by atoms with E-state index in [1.807, 2.05) is 0 Å². The van der Waals surface area contributed by atoms with E-state index < -0.39 is 5.54 Å². The average Bonchev–Trinajstić information content (AvgIpc) is 2.42. The number of carbonyl (C=O) groups excluding carboxylic acids is 1. The number of carbonyl (C=O) groups is 1. The minimum absolute atomic E-state index is 0.251. The minimum atomic E-state index is -0.751. The Morgan fingerprint density at radius 3 is 2.39 bits per heavy atom. The zero-order valence-electron chi connectivity index (χ0n) is 11.6. The molecule has 3 N–H and O–H groups in total. The fourth-order valence-electron chi connectivity index (χ4n) is 3.35. The van der Waals surface area contributed by atoms with Gasteiger partial charge in [-0.05, 0) is 0 Å². The van der Waals surface area contributed by atoms with Crippen molar-refractivity contribution in [3.05, 3.63) is 0 Å². The first-order chi connectivity index (χ1) is 8.50. The van der Waals surface area contributed by atoms with Gasteiger partial charge in [-0.1, -0.05) is 0 Å². The van der Waals surface area contributed by atoms with Crippen molar-refractivity contribution in [3.8, 4) is 0 Å². The van der Waals surface area contributed by atoms with Crippen molar-refractivity contribution in [3.63, 3.8) is 0 Å². The van der Waals surface area contributed by atoms with Crippen LogP contribution in [0.5, 0.6) is 0 Å². The summed E-state index contributed by atoms with van der Waals surface area (Å²) in [5, 5.41) is 3.41. The van der Waals surface area contributed by atoms with Crippen LogP contribution in [0.4, 0.5) is 0 Å². The molecule has 0 amide bonds. The summed E-state index contributed by atoms with van der Waals surface area (Å²) >= 11 is 0. The Morgan fingerprint density at radius 2 is 1.89 bits per heavy atom. The number of nitrogens with two attached hydrogens (primary N) is 1. The van der Waals surface area contributed by atoms with Crippen molar-refractivity contribution < 1.29 is 14.0 Å². The molecule has 2 fully saturated rings. The predicted molar refractivity (Wildman–Crippen MR) is 70.0 cm³/mol. The molecule has 0 bridgehead atoms. The van der Waals surface area contributed by atoms with Crippen LogP contribution in [0.25, 0.3) is 0 Å². The second-order valence-electron chi connectivity index (χ2n) is 6.06. The fourth-order valence-corrected chi connectivity index (χ4v) is 3.35. The van der Waals surface area contributed by atoms with Crippen molar-refractivity contribution >= 4 is 5.97 Å². The molecule has 2 aliphatic rings. The summed E-state index contributed by atoms with van der Waals surface area (Å²) in [4.78, 5) is 11.7. The normalized spacial score (nSPS) is 38.4. The lowest BCUT2D eigenvalue weighted by Crippen LogP contribution is -2.65. The summed E-state index contributed by atoms with van der Waals surface area (Å²) in [6.07, 6.45) is 3.93. The number of rotatable bonds is 2. The van der Waals surface area contributed by atoms with E-state index in [2.05, 4.69) is 12.4 Å². The number of methoxy groups -OCH3 is 1. The topological polar surface area (TPSA) is 64.3 Å². The van der Waals surface area contributed by atoms with E-state index in [0.717, 1.165) is 43.5 Å². The van der Waals surface area contributed by atoms with Crippen molar-refractivity contribution in [2.75, 3.05) is 40.3 Å². The van der Waals surface area contributed by atoms with Gasteiger partial charge in [-0.15, -0.1) is 0 Å². The Bertz CT molecular complexity index is 305. The van der Waals surface area contributed by atoms with Gasteiger partial charge in [0.1, 0.15) is 5.54 Å². The SMILES string of the molecule is COC(=O)C1(N)CC[N+](C)(C2CCNCC2)CC1. The van der Waals surface area contributed by atoms with E-state index in [0.29, 0.717) is 6.04 Å². The summed E-state index contributed by atoms with van der Waals surface area (Å²) in [6, 6.07) is 0.716. The molecule has 18 heavy (non-hydrogen) atoms. The van der Waals surface area contributed by atoms with Gasteiger partial charge in [0.25, 0.3) is 0 Å². The standard InChI is InChI=1S/C13H26N3O2/c1-16(11-3-7-15-8-4-11)9-5-13(14,6-10-16)12(17)18-2/h11,15H,3-10,14H2,1-2H3/q+1. The van der Waals surface area contributed by atoms with Crippen molar-refractivity contribution in [2.24, 2.45) is 5.73 Å². The molecule has 0 spiro atoms. The van der Waals surface area contributed by atoms with E-state index in [1.54, 1.807) is 0 Å². The highest BCUT2D eigenvalue weighted by Crippen LogP contribution is 2.30. The Balaban J connectivity index is 1.98. The van der Waals surface area contributed by atoms with Gasteiger partial charge in [0.2, 0.25) is 0 Å². The largest absolute Gasteiger partial charge is 0.468 e. The maximum absolute atomic E-state index is 11.7. The number of ether oxygens (including phenoxy) is 1. The molecule has 2 rings (SSSR count). The molecular weight excluding hydrogens is 230 g/mol. The van der Waals surface area contributed by atoms with Crippen LogP contribution in [-0.4, -0.2) is 62.4 Å². The Labute approximate surface area is 109 Å². The first kappa shape index (κ1) is 13.8. The third kappa shape index (κ3) is 2.53. The van der Waals surface area contributed by atoms with Crippen molar-refractivity contribution in [2.45, 2.75) is 37.3 Å². The number of nitrogens with zero attached hydrogens (tertiary/aromatic N) is 1. The number of esters is 1. The third-order valence-electron chi connectivity index (χ3n) is 4.92. The lowest BCUT2D eigenvalue weighted by Gasteiger charge is -2.49. The quantitative estimate of drug-likeness (QED) is 0.533. The van der Waals surface area contributed by atoms with E-state index >= 15 is 0 Å². The van der Waals surface area contributed by atoms with Crippen LogP contribution in [0.2, 0.25) is 0 Å². The van der Waals surface area contributed by atoms with Gasteiger partial charge in [0, 0.05) is 38.8 Å². The summed E-state index contributed by atoms with van der Waals surface area (Å²) in [7, 11) is 3.74. The number of likely N-dealkylation sites (tertiary alicyclic amines) is 1. The number of hydrogen-bond acceptors (Lipinski definition) is 4. The second kappa shape index (κ2) is 5.15. The molecule has 104 valence electrons. The van der Waals surface area contributed by atoms with Gasteiger partial charge in [-0.25, -0.2) is 0 Å². The number of piperidine rings is 2. The molecule has 0 aromatic rings. The third-order valence-corrected chi connectivity index (χ3v) is 4.92. The Morgan fingerprint density at radius 1 is 1.33 bits per heavy atom. The van der Waals surface area contributed by atoms with Crippen LogP contribution in [0, 0.1) is 0 Å². The minimum Gasteiger partial charge on any atom is -0.468 e. The van der Waals surface area contributed by atoms with Gasteiger partial charge in [0.15, 0.2) is 0 Å². The van der Waals surface area contributed by atoms with Crippen LogP contribution < -0.4 is 11.1 Å². The molecule has 0 unspecified atom stereocenters. The summed E-state index contributed by atoms with van der Waals surface area (Å²) < 4.78 is 5.89. The van der Waals surface area contributed by atoms with Gasteiger partial charge < -0.3 is 20.3 Å². The van der Waals surface area contributed by atoms with Crippen LogP contribution >= 0.6 is 0 Å². The molecule has 5 nitrogen and oxygen atoms in total. The lowest BCUT2D eigenvalue weighted by atomic mass is 9.85. The van der Waals surface area contributed by atoms with Crippen LogP contribution in [0.1, 0.15) is 25.7 Å². The fraction of sp³-hybridized carbons (Fsp3) is 0.923. The molecule has 2 heterocycles. The van der Waals surface area contributed by atoms with Crippen LogP contribution in [0.15, 0.2) is 0 Å². The summed E-state index contributed by atoms with van der Waals surface area (Å²) in [6.45, 7) is 4.19. The molecule has 0 atom stereocenters. The zero-order chi connectivity index (χ0) is 13.2. The molecule has 0 aromatic heterocycles. The van der Waals surface area contributed by atoms with Crippen LogP contribution in [0.3, 0.4) is 0 Å². The van der Waals surface area contributed by atoms with Crippen molar-refractivity contribution in [1.82, 2.24) is 5.32 Å². The molecule has 0 aromatic carbocycles. The first-order valence-corrected chi connectivity index (χ1v) is 6.92. The van der Waals surface area contributed by atoms with Gasteiger partial charge in [-0.2, -0.15) is 0 Å². The van der Waals surface area contributed by atoms with Crippen molar-refractivity contribution in [1.29, 1.82) is 0 Å². The highest BCUT2D eigenvalue weighted by Gasteiger charge is 2.46. The number of hydrogen-bond donors (Lipinski definition) is 2. The second-order valence-corrected chi connectivity index (χ2v) is 6.06. The Kier molecular flexibility index (Phi) is 3.94. The van der Waals surface area contributed by atoms with E-state index in [1.165, 1.54) is 20.0 Å². The molecule has 5 heteroatoms. The zero-order valence-corrected chi connectivity index (χ0v) is 11.6. The molecule has 2 saturated heterocycles. The molecule has 0 radical (unpaired) electrons. The van der Waals surface area contributed by atoms with E-state index in [9.17, 15) is 4.79 Å². The maximum atomic E-state index is 11.7. The predicted octanol–water partition coefficient (Wildman–Crippen LogP) is -0.151. The van der Waals surface area contributed by atoms with Gasteiger partial charge in [-0.3, -0.25) is 4.79 Å². The average molecular weight is 256 g/mol. The summed E-state index contributed by atoms with van der Waals surface area (Å²) in [5.41, 5.74) is 5.42. The first-order valence-electron chi connectivity index (χ1n) is 6.92. The highest BCUT2D eigenvalue weighted by atomic mass is 16.5. The van der Waals surface area contributed by atoms with E-state index in [-0.39, 0.29) is 5.97 Å². The molecule has 0 saturated carbocycles. The number of quaternary nitrogens is 1. The van der Waals surface area contributed by atoms with Gasteiger partial charge in [0.05, 0.1) is 33.3 Å². The van der Waals surface area contributed by atoms with Crippen LogP contribution in [-0.2, 0) is 9.53 Å². The maximum Gasteiger partial charge on any atom is 0.326 e.